The van der Waals surface area contributed by atoms with Gasteiger partial charge in [0.15, 0.2) is 0 Å². The summed E-state index contributed by atoms with van der Waals surface area (Å²) in [5, 5.41) is 3.62. The molecule has 1 aliphatic rings. The van der Waals surface area contributed by atoms with Crippen LogP contribution in [0.3, 0.4) is 0 Å². The third-order valence-electron chi connectivity index (χ3n) is 5.19. The number of fused-ring (bicyclic) bond motifs is 1. The van der Waals surface area contributed by atoms with Crippen molar-refractivity contribution in [2.75, 3.05) is 0 Å². The second-order valence-corrected chi connectivity index (χ2v) is 8.01. The molecule has 1 saturated carbocycles. The van der Waals surface area contributed by atoms with E-state index in [0.717, 1.165) is 41.2 Å². The van der Waals surface area contributed by atoms with Gasteiger partial charge < -0.3 is 9.88 Å². The number of pyridine rings is 1. The van der Waals surface area contributed by atoms with E-state index in [2.05, 4.69) is 21.2 Å². The summed E-state index contributed by atoms with van der Waals surface area (Å²) in [5.41, 5.74) is 1.96. The zero-order chi connectivity index (χ0) is 18.8. The summed E-state index contributed by atoms with van der Waals surface area (Å²) in [7, 11) is 0. The van der Waals surface area contributed by atoms with E-state index in [0.29, 0.717) is 11.9 Å². The molecule has 1 heterocycles. The second kappa shape index (κ2) is 7.69. The predicted molar refractivity (Wildman–Crippen MR) is 111 cm³/mol. The fourth-order valence-electron chi connectivity index (χ4n) is 3.76. The van der Waals surface area contributed by atoms with Crippen LogP contribution in [0.5, 0.6) is 0 Å². The molecule has 0 radical (unpaired) electrons. The number of hydrogen-bond acceptors (Lipinski definition) is 2. The number of nitrogens with zero attached hydrogens (tertiary/aromatic N) is 1. The van der Waals surface area contributed by atoms with Gasteiger partial charge in [0.1, 0.15) is 5.56 Å². The minimum absolute atomic E-state index is 0.184. The van der Waals surface area contributed by atoms with Gasteiger partial charge in [0, 0.05) is 28.6 Å². The molecule has 4 rings (SSSR count). The summed E-state index contributed by atoms with van der Waals surface area (Å²) in [4.78, 5) is 25.7. The van der Waals surface area contributed by atoms with E-state index in [1.165, 1.54) is 0 Å². The Bertz CT molecular complexity index is 1030. The first-order chi connectivity index (χ1) is 13.1. The largest absolute Gasteiger partial charge is 0.349 e. The lowest BCUT2D eigenvalue weighted by atomic mass is 10.1. The van der Waals surface area contributed by atoms with E-state index in [4.69, 9.17) is 0 Å². The maximum Gasteiger partial charge on any atom is 0.256 e. The highest BCUT2D eigenvalue weighted by atomic mass is 79.9. The Hall–Kier alpha value is -2.40. The molecule has 1 N–H and O–H groups in total. The first-order valence-electron chi connectivity index (χ1n) is 9.29. The van der Waals surface area contributed by atoms with Crippen LogP contribution in [0.15, 0.2) is 64.0 Å². The van der Waals surface area contributed by atoms with Crippen molar-refractivity contribution in [2.45, 2.75) is 38.3 Å². The Morgan fingerprint density at radius 2 is 1.78 bits per heavy atom. The van der Waals surface area contributed by atoms with Gasteiger partial charge in [-0.15, -0.1) is 0 Å². The molecule has 138 valence electrons. The Morgan fingerprint density at radius 1 is 1.07 bits per heavy atom. The van der Waals surface area contributed by atoms with E-state index >= 15 is 0 Å². The number of nitrogens with one attached hydrogen (secondary N) is 1. The lowest BCUT2D eigenvalue weighted by molar-refractivity contribution is 0.0936. The molecule has 27 heavy (non-hydrogen) atoms. The van der Waals surface area contributed by atoms with Crippen LogP contribution in [-0.2, 0) is 6.54 Å². The van der Waals surface area contributed by atoms with E-state index in [1.807, 2.05) is 47.0 Å². The van der Waals surface area contributed by atoms with Crippen molar-refractivity contribution in [1.82, 2.24) is 9.88 Å². The van der Waals surface area contributed by atoms with Gasteiger partial charge in [-0.3, -0.25) is 9.59 Å². The Balaban J connectivity index is 1.75. The van der Waals surface area contributed by atoms with Crippen molar-refractivity contribution in [1.29, 1.82) is 0 Å². The van der Waals surface area contributed by atoms with E-state index in [9.17, 15) is 9.59 Å². The standard InChI is InChI=1S/C22H21BrN2O2/c23-16-11-9-15(10-12-16)13-25-14-19(22(27)24-17-5-1-2-6-17)21(26)18-7-3-4-8-20(18)25/h3-4,7-12,14,17H,1-2,5-6,13H2,(H,24,27). The number of halogens is 1. The van der Waals surface area contributed by atoms with Gasteiger partial charge in [-0.1, -0.05) is 53.0 Å². The monoisotopic (exact) mass is 424 g/mol. The lowest BCUT2D eigenvalue weighted by Gasteiger charge is -2.16. The topological polar surface area (TPSA) is 51.1 Å². The fourth-order valence-corrected chi connectivity index (χ4v) is 4.02. The molecule has 2 aromatic carbocycles. The van der Waals surface area contributed by atoms with Crippen LogP contribution >= 0.6 is 15.9 Å². The smallest absolute Gasteiger partial charge is 0.256 e. The maximum absolute atomic E-state index is 12.9. The number of aromatic nitrogens is 1. The zero-order valence-electron chi connectivity index (χ0n) is 15.0. The molecule has 1 aliphatic carbocycles. The molecule has 4 nitrogen and oxygen atoms in total. The summed E-state index contributed by atoms with van der Waals surface area (Å²) >= 11 is 3.45. The fraction of sp³-hybridized carbons (Fsp3) is 0.273. The van der Waals surface area contributed by atoms with Gasteiger partial charge >= 0.3 is 0 Å². The number of benzene rings is 2. The first-order valence-corrected chi connectivity index (χ1v) is 10.1. The van der Waals surface area contributed by atoms with Gasteiger partial charge in [0.2, 0.25) is 5.43 Å². The molecular weight excluding hydrogens is 404 g/mol. The van der Waals surface area contributed by atoms with Crippen LogP contribution in [0.4, 0.5) is 0 Å². The molecule has 0 spiro atoms. The molecular formula is C22H21BrN2O2. The van der Waals surface area contributed by atoms with Gasteiger partial charge in [-0.25, -0.2) is 0 Å². The molecule has 1 aromatic heterocycles. The average Bonchev–Trinajstić information content (AvgIpc) is 3.19. The molecule has 1 amide bonds. The van der Waals surface area contributed by atoms with Crippen molar-refractivity contribution in [2.24, 2.45) is 0 Å². The minimum Gasteiger partial charge on any atom is -0.349 e. The first kappa shape index (κ1) is 18.0. The van der Waals surface area contributed by atoms with Crippen molar-refractivity contribution < 1.29 is 4.79 Å². The van der Waals surface area contributed by atoms with Crippen LogP contribution in [0.1, 0.15) is 41.6 Å². The zero-order valence-corrected chi connectivity index (χ0v) is 16.5. The maximum atomic E-state index is 12.9. The molecule has 0 bridgehead atoms. The number of carbonyl (C=O) groups excluding carboxylic acids is 1. The second-order valence-electron chi connectivity index (χ2n) is 7.10. The van der Waals surface area contributed by atoms with E-state index in [1.54, 1.807) is 12.3 Å². The number of para-hydroxylation sites is 1. The Kier molecular flexibility index (Phi) is 5.12. The summed E-state index contributed by atoms with van der Waals surface area (Å²) in [6.07, 6.45) is 5.96. The van der Waals surface area contributed by atoms with E-state index < -0.39 is 0 Å². The predicted octanol–water partition coefficient (Wildman–Crippen LogP) is 4.48. The van der Waals surface area contributed by atoms with Crippen molar-refractivity contribution in [3.8, 4) is 0 Å². The Labute approximate surface area is 166 Å². The third-order valence-corrected chi connectivity index (χ3v) is 5.72. The average molecular weight is 425 g/mol. The highest BCUT2D eigenvalue weighted by molar-refractivity contribution is 9.10. The Morgan fingerprint density at radius 3 is 2.52 bits per heavy atom. The molecule has 1 fully saturated rings. The molecule has 0 aliphatic heterocycles. The highest BCUT2D eigenvalue weighted by Gasteiger charge is 2.21. The summed E-state index contributed by atoms with van der Waals surface area (Å²) in [6, 6.07) is 15.7. The van der Waals surface area contributed by atoms with Crippen molar-refractivity contribution in [3.05, 3.63) is 80.6 Å². The van der Waals surface area contributed by atoms with Gasteiger partial charge in [-0.05, 0) is 42.7 Å². The van der Waals surface area contributed by atoms with Gasteiger partial charge in [-0.2, -0.15) is 0 Å². The molecule has 3 aromatic rings. The minimum atomic E-state index is -0.262. The van der Waals surface area contributed by atoms with Gasteiger partial charge in [0.05, 0.1) is 5.52 Å². The number of carbonyl (C=O) groups is 1. The number of hydrogen-bond donors (Lipinski definition) is 1. The molecule has 0 atom stereocenters. The van der Waals surface area contributed by atoms with Crippen molar-refractivity contribution >= 4 is 32.7 Å². The van der Waals surface area contributed by atoms with E-state index in [-0.39, 0.29) is 22.9 Å². The number of amides is 1. The van der Waals surface area contributed by atoms with Crippen molar-refractivity contribution in [3.63, 3.8) is 0 Å². The van der Waals surface area contributed by atoms with Crippen LogP contribution < -0.4 is 10.7 Å². The SMILES string of the molecule is O=C(NC1CCCC1)c1cn(Cc2ccc(Br)cc2)c2ccccc2c1=O. The van der Waals surface area contributed by atoms with Crippen LogP contribution in [-0.4, -0.2) is 16.5 Å². The summed E-state index contributed by atoms with van der Waals surface area (Å²) in [5.74, 6) is -0.262. The summed E-state index contributed by atoms with van der Waals surface area (Å²) < 4.78 is 3.01. The molecule has 5 heteroatoms. The van der Waals surface area contributed by atoms with Crippen LogP contribution in [0, 0.1) is 0 Å². The van der Waals surface area contributed by atoms with Crippen LogP contribution in [0.2, 0.25) is 0 Å². The molecule has 0 unspecified atom stereocenters. The highest BCUT2D eigenvalue weighted by Crippen LogP contribution is 2.19. The third kappa shape index (κ3) is 3.83. The summed E-state index contributed by atoms with van der Waals surface area (Å²) in [6.45, 7) is 0.595. The molecule has 0 saturated heterocycles. The quantitative estimate of drug-likeness (QED) is 0.670. The van der Waals surface area contributed by atoms with Gasteiger partial charge in [0.25, 0.3) is 5.91 Å². The normalized spacial score (nSPS) is 14.6. The lowest BCUT2D eigenvalue weighted by Crippen LogP contribution is -2.36. The number of rotatable bonds is 4. The van der Waals surface area contributed by atoms with Crippen LogP contribution in [0.25, 0.3) is 10.9 Å².